The normalized spacial score (nSPS) is 12.2. The molecule has 6 nitrogen and oxygen atoms in total. The van der Waals surface area contributed by atoms with Crippen molar-refractivity contribution in [1.29, 1.82) is 0 Å². The second kappa shape index (κ2) is 7.85. The number of hydrogen-bond acceptors (Lipinski definition) is 5. The zero-order chi connectivity index (χ0) is 16.7. The van der Waals surface area contributed by atoms with Crippen LogP contribution in [0.25, 0.3) is 0 Å². The van der Waals surface area contributed by atoms with Crippen molar-refractivity contribution in [2.75, 3.05) is 11.2 Å². The first-order chi connectivity index (χ1) is 10.9. The van der Waals surface area contributed by atoms with Crippen molar-refractivity contribution in [3.63, 3.8) is 0 Å². The standard InChI is InChI=1S/C16H19N3O3S/c1-14(17-18-16-6-3-2-4-7-16)15-8-11-19(12-9-15)10-5-13-23(20,21)22/h2-4,6-9,11-12H,5,10,13H2,1H3,(H,20,21,22). The van der Waals surface area contributed by atoms with Crippen molar-refractivity contribution in [3.8, 4) is 0 Å². The van der Waals surface area contributed by atoms with E-state index in [0.717, 1.165) is 17.0 Å². The Bertz CT molecular complexity index is 757. The van der Waals surface area contributed by atoms with Gasteiger partial charge in [-0.15, -0.1) is 0 Å². The fraction of sp³-hybridized carbons (Fsp3) is 0.250. The number of nitrogens with zero attached hydrogens (tertiary/aromatic N) is 2. The molecule has 0 aliphatic heterocycles. The Morgan fingerprint density at radius 1 is 1.17 bits per heavy atom. The highest BCUT2D eigenvalue weighted by atomic mass is 32.2. The van der Waals surface area contributed by atoms with E-state index in [1.54, 1.807) is 0 Å². The topological polar surface area (TPSA) is 85.5 Å². The van der Waals surface area contributed by atoms with Gasteiger partial charge in [-0.25, -0.2) is 13.0 Å². The van der Waals surface area contributed by atoms with E-state index in [0.29, 0.717) is 13.0 Å². The summed E-state index contributed by atoms with van der Waals surface area (Å²) in [4.78, 5) is 0. The molecule has 0 atom stereocenters. The van der Waals surface area contributed by atoms with Gasteiger partial charge >= 0.3 is 0 Å². The molecule has 0 fully saturated rings. The third-order valence-electron chi connectivity index (χ3n) is 3.25. The molecule has 7 heteroatoms. The lowest BCUT2D eigenvalue weighted by Gasteiger charge is -2.05. The van der Waals surface area contributed by atoms with E-state index >= 15 is 0 Å². The predicted octanol–water partition coefficient (Wildman–Crippen LogP) is 1.75. The van der Waals surface area contributed by atoms with Gasteiger partial charge in [0.05, 0.1) is 21.5 Å². The summed E-state index contributed by atoms with van der Waals surface area (Å²) in [7, 11) is -4.14. The fourth-order valence-electron chi connectivity index (χ4n) is 2.00. The van der Waals surface area contributed by atoms with E-state index < -0.39 is 10.1 Å². The highest BCUT2D eigenvalue weighted by Gasteiger charge is 2.05. The fourth-order valence-corrected chi connectivity index (χ4v) is 2.48. The largest absolute Gasteiger partial charge is 0.748 e. The summed E-state index contributed by atoms with van der Waals surface area (Å²) >= 11 is 0. The number of benzene rings is 1. The van der Waals surface area contributed by atoms with Crippen LogP contribution in [0.5, 0.6) is 0 Å². The van der Waals surface area contributed by atoms with E-state index in [1.807, 2.05) is 66.3 Å². The lowest BCUT2D eigenvalue weighted by Crippen LogP contribution is -2.33. The van der Waals surface area contributed by atoms with Gasteiger partial charge in [0.1, 0.15) is 6.54 Å². The van der Waals surface area contributed by atoms with Crippen LogP contribution >= 0.6 is 0 Å². The van der Waals surface area contributed by atoms with Crippen LogP contribution in [0.15, 0.2) is 60.0 Å². The first-order valence-corrected chi connectivity index (χ1v) is 8.80. The van der Waals surface area contributed by atoms with Crippen LogP contribution in [-0.2, 0) is 16.7 Å². The molecule has 2 rings (SSSR count). The molecule has 0 aliphatic rings. The Balaban J connectivity index is 1.93. The van der Waals surface area contributed by atoms with Gasteiger partial charge in [-0.05, 0) is 19.1 Å². The predicted molar refractivity (Wildman–Crippen MR) is 88.1 cm³/mol. The summed E-state index contributed by atoms with van der Waals surface area (Å²) in [5, 5.41) is 4.33. The molecular formula is C16H19N3O3S. The third kappa shape index (κ3) is 6.17. The smallest absolute Gasteiger partial charge is 0.169 e. The Morgan fingerprint density at radius 3 is 2.43 bits per heavy atom. The van der Waals surface area contributed by atoms with E-state index in [9.17, 15) is 13.0 Å². The Hall–Kier alpha value is -2.25. The number of nitrogens with one attached hydrogen (secondary N) is 1. The lowest BCUT2D eigenvalue weighted by molar-refractivity contribution is -0.696. The van der Waals surface area contributed by atoms with Crippen LogP contribution < -0.4 is 9.99 Å². The molecule has 23 heavy (non-hydrogen) atoms. The van der Waals surface area contributed by atoms with Crippen LogP contribution in [0.2, 0.25) is 0 Å². The highest BCUT2D eigenvalue weighted by molar-refractivity contribution is 7.85. The SMILES string of the molecule is C/C(=N/Nc1ccccc1)c1cc[n+](CCCS(=O)(=O)[O-])cc1. The molecule has 1 aromatic heterocycles. The minimum Gasteiger partial charge on any atom is -0.748 e. The monoisotopic (exact) mass is 333 g/mol. The molecule has 122 valence electrons. The molecule has 2 aromatic rings. The van der Waals surface area contributed by atoms with Crippen molar-refractivity contribution in [2.24, 2.45) is 5.10 Å². The molecule has 1 heterocycles. The van der Waals surface area contributed by atoms with Gasteiger partial charge in [-0.1, -0.05) is 18.2 Å². The van der Waals surface area contributed by atoms with Gasteiger partial charge in [0.2, 0.25) is 0 Å². The summed E-state index contributed by atoms with van der Waals surface area (Å²) in [5.41, 5.74) is 5.70. The molecule has 0 saturated carbocycles. The second-order valence-electron chi connectivity index (χ2n) is 5.12. The number of aromatic nitrogens is 1. The van der Waals surface area contributed by atoms with Gasteiger partial charge in [-0.3, -0.25) is 5.43 Å². The van der Waals surface area contributed by atoms with Gasteiger partial charge in [-0.2, -0.15) is 5.10 Å². The van der Waals surface area contributed by atoms with Gasteiger partial charge < -0.3 is 4.55 Å². The van der Waals surface area contributed by atoms with Crippen LogP contribution in [-0.4, -0.2) is 24.4 Å². The minimum absolute atomic E-state index is 0.304. The Labute approximate surface area is 136 Å². The summed E-state index contributed by atoms with van der Waals surface area (Å²) in [6.45, 7) is 2.39. The summed E-state index contributed by atoms with van der Waals surface area (Å²) in [5.74, 6) is -0.344. The quantitative estimate of drug-likeness (QED) is 0.362. The molecule has 0 spiro atoms. The Kier molecular flexibility index (Phi) is 5.84. The van der Waals surface area contributed by atoms with Gasteiger partial charge in [0, 0.05) is 29.9 Å². The van der Waals surface area contributed by atoms with Crippen molar-refractivity contribution in [1.82, 2.24) is 0 Å². The summed E-state index contributed by atoms with van der Waals surface area (Å²) in [6.07, 6.45) is 3.99. The lowest BCUT2D eigenvalue weighted by atomic mass is 10.2. The van der Waals surface area contributed by atoms with Gasteiger partial charge in [0.15, 0.2) is 12.4 Å². The molecule has 0 aliphatic carbocycles. The minimum atomic E-state index is -4.14. The van der Waals surface area contributed by atoms with Crippen molar-refractivity contribution < 1.29 is 17.5 Å². The van der Waals surface area contributed by atoms with Crippen molar-refractivity contribution in [3.05, 3.63) is 60.4 Å². The van der Waals surface area contributed by atoms with E-state index in [-0.39, 0.29) is 5.75 Å². The number of anilines is 1. The zero-order valence-corrected chi connectivity index (χ0v) is 13.7. The number of hydrazone groups is 1. The number of hydrogen-bond donors (Lipinski definition) is 1. The molecule has 0 amide bonds. The molecule has 1 N–H and O–H groups in total. The zero-order valence-electron chi connectivity index (χ0n) is 12.8. The Morgan fingerprint density at radius 2 is 1.83 bits per heavy atom. The van der Waals surface area contributed by atoms with Gasteiger partial charge in [0.25, 0.3) is 0 Å². The van der Waals surface area contributed by atoms with Crippen LogP contribution in [0.1, 0.15) is 18.9 Å². The number of rotatable bonds is 7. The summed E-state index contributed by atoms with van der Waals surface area (Å²) < 4.78 is 33.5. The molecule has 0 radical (unpaired) electrons. The molecule has 1 aromatic carbocycles. The maximum Gasteiger partial charge on any atom is 0.169 e. The highest BCUT2D eigenvalue weighted by Crippen LogP contribution is 2.06. The maximum atomic E-state index is 10.6. The van der Waals surface area contributed by atoms with E-state index in [1.165, 1.54) is 0 Å². The number of pyridine rings is 1. The van der Waals surface area contributed by atoms with Crippen LogP contribution in [0.3, 0.4) is 0 Å². The molecular weight excluding hydrogens is 314 g/mol. The van der Waals surface area contributed by atoms with Crippen LogP contribution in [0, 0.1) is 0 Å². The third-order valence-corrected chi connectivity index (χ3v) is 4.03. The van der Waals surface area contributed by atoms with E-state index in [4.69, 9.17) is 0 Å². The molecule has 0 unspecified atom stereocenters. The average molecular weight is 333 g/mol. The first kappa shape index (κ1) is 17.1. The second-order valence-corrected chi connectivity index (χ2v) is 6.64. The van der Waals surface area contributed by atoms with Crippen molar-refractivity contribution in [2.45, 2.75) is 19.9 Å². The number of aryl methyl sites for hydroxylation is 1. The molecule has 0 bridgehead atoms. The maximum absolute atomic E-state index is 10.6. The molecule has 0 saturated heterocycles. The summed E-state index contributed by atoms with van der Waals surface area (Å²) in [6, 6.07) is 13.5. The first-order valence-electron chi connectivity index (χ1n) is 7.22. The number of para-hydroxylation sites is 1. The average Bonchev–Trinajstić information content (AvgIpc) is 2.53. The van der Waals surface area contributed by atoms with Crippen molar-refractivity contribution >= 4 is 21.5 Å². The van der Waals surface area contributed by atoms with E-state index in [2.05, 4.69) is 10.5 Å². The van der Waals surface area contributed by atoms with Crippen LogP contribution in [0.4, 0.5) is 5.69 Å².